The maximum atomic E-state index is 11.4. The molecule has 1 aromatic rings. The van der Waals surface area contributed by atoms with Crippen molar-refractivity contribution in [1.29, 1.82) is 0 Å². The Labute approximate surface area is 117 Å². The van der Waals surface area contributed by atoms with Crippen LogP contribution in [0.15, 0.2) is 28.7 Å². The summed E-state index contributed by atoms with van der Waals surface area (Å²) < 4.78 is 26.2. The Balaban J connectivity index is 2.89. The van der Waals surface area contributed by atoms with E-state index in [0.29, 0.717) is 12.0 Å². The van der Waals surface area contributed by atoms with Gasteiger partial charge in [0, 0.05) is 11.0 Å². The minimum Gasteiger partial charge on any atom is -0.384 e. The molecule has 4 nitrogen and oxygen atoms in total. The molecule has 0 saturated carbocycles. The average molecular weight is 336 g/mol. The third-order valence-corrected chi connectivity index (χ3v) is 4.80. The molecule has 1 aromatic carbocycles. The van der Waals surface area contributed by atoms with Gasteiger partial charge in [-0.2, -0.15) is 0 Å². The first-order chi connectivity index (χ1) is 8.33. The maximum Gasteiger partial charge on any atom is 0.211 e. The van der Waals surface area contributed by atoms with Gasteiger partial charge in [0.2, 0.25) is 10.0 Å². The van der Waals surface area contributed by atoms with Crippen molar-refractivity contribution in [3.8, 4) is 0 Å². The zero-order valence-electron chi connectivity index (χ0n) is 10.5. The van der Waals surface area contributed by atoms with Crippen LogP contribution in [0.2, 0.25) is 0 Å². The van der Waals surface area contributed by atoms with Gasteiger partial charge in [-0.25, -0.2) is 13.1 Å². The van der Waals surface area contributed by atoms with Crippen LogP contribution in [-0.4, -0.2) is 25.8 Å². The molecule has 0 fully saturated rings. The first-order valence-electron chi connectivity index (χ1n) is 5.78. The Morgan fingerprint density at radius 1 is 1.28 bits per heavy atom. The molecule has 0 bridgehead atoms. The van der Waals surface area contributed by atoms with Crippen molar-refractivity contribution in [2.45, 2.75) is 25.9 Å². The fourth-order valence-corrected chi connectivity index (χ4v) is 2.45. The monoisotopic (exact) mass is 335 g/mol. The number of nitrogens with one attached hydrogen (secondary N) is 1. The minimum absolute atomic E-state index is 0.00708. The predicted octanol–water partition coefficient (Wildman–Crippen LogP) is 1.99. The summed E-state index contributed by atoms with van der Waals surface area (Å²) in [4.78, 5) is 0. The second-order valence-corrected chi connectivity index (χ2v) is 7.13. The Morgan fingerprint density at radius 2 is 1.83 bits per heavy atom. The Bertz CT molecular complexity index is 487. The van der Waals surface area contributed by atoms with Gasteiger partial charge in [-0.1, -0.05) is 35.0 Å². The summed E-state index contributed by atoms with van der Waals surface area (Å²) in [7, 11) is -3.30. The lowest BCUT2D eigenvalue weighted by Gasteiger charge is -2.27. The molecule has 6 heteroatoms. The van der Waals surface area contributed by atoms with E-state index in [2.05, 4.69) is 20.7 Å². The number of sulfonamides is 1. The molecule has 0 spiro atoms. The van der Waals surface area contributed by atoms with Gasteiger partial charge in [-0.15, -0.1) is 0 Å². The van der Waals surface area contributed by atoms with E-state index in [4.69, 9.17) is 0 Å². The van der Waals surface area contributed by atoms with Crippen molar-refractivity contribution in [2.24, 2.45) is 0 Å². The number of rotatable bonds is 6. The summed E-state index contributed by atoms with van der Waals surface area (Å²) in [6, 6.07) is 7.22. The number of aliphatic hydroxyl groups is 1. The van der Waals surface area contributed by atoms with E-state index in [-0.39, 0.29) is 12.3 Å². The molecule has 0 aliphatic heterocycles. The summed E-state index contributed by atoms with van der Waals surface area (Å²) in [5, 5.41) is 10.5. The highest BCUT2D eigenvalue weighted by Crippen LogP contribution is 2.25. The number of hydrogen-bond donors (Lipinski definition) is 2. The van der Waals surface area contributed by atoms with Crippen molar-refractivity contribution in [1.82, 2.24) is 4.72 Å². The number of benzene rings is 1. The normalized spacial score (nSPS) is 15.3. The molecule has 0 unspecified atom stereocenters. The Kier molecular flexibility index (Phi) is 5.33. The molecular weight excluding hydrogens is 318 g/mol. The first-order valence-corrected chi connectivity index (χ1v) is 8.23. The zero-order valence-corrected chi connectivity index (χ0v) is 12.9. The maximum absolute atomic E-state index is 11.4. The van der Waals surface area contributed by atoms with Gasteiger partial charge in [-0.05, 0) is 31.0 Å². The molecule has 0 aliphatic carbocycles. The number of hydrogen-bond acceptors (Lipinski definition) is 3. The molecule has 102 valence electrons. The summed E-state index contributed by atoms with van der Waals surface area (Å²) >= 11 is 3.32. The second kappa shape index (κ2) is 6.14. The average Bonchev–Trinajstić information content (AvgIpc) is 2.37. The van der Waals surface area contributed by atoms with Gasteiger partial charge >= 0.3 is 0 Å². The van der Waals surface area contributed by atoms with E-state index in [0.717, 1.165) is 4.47 Å². The highest BCUT2D eigenvalue weighted by Gasteiger charge is 2.28. The van der Waals surface area contributed by atoms with Gasteiger partial charge < -0.3 is 5.11 Å². The fourth-order valence-electron chi connectivity index (χ4n) is 1.52. The van der Waals surface area contributed by atoms with Crippen LogP contribution in [0.4, 0.5) is 0 Å². The van der Waals surface area contributed by atoms with Crippen molar-refractivity contribution in [2.75, 3.05) is 12.3 Å². The first kappa shape index (κ1) is 15.6. The summed E-state index contributed by atoms with van der Waals surface area (Å²) in [6.45, 7) is 3.37. The Hall–Kier alpha value is -0.430. The largest absolute Gasteiger partial charge is 0.384 e. The molecular formula is C12H18BrNO3S. The van der Waals surface area contributed by atoms with Crippen molar-refractivity contribution >= 4 is 26.0 Å². The lowest BCUT2D eigenvalue weighted by Crippen LogP contribution is -2.40. The second-order valence-electron chi connectivity index (χ2n) is 4.12. The summed E-state index contributed by atoms with van der Waals surface area (Å²) in [5.74, 6) is 0.00708. The summed E-state index contributed by atoms with van der Waals surface area (Å²) in [6.07, 6.45) is 0.431. The molecule has 0 radical (unpaired) electrons. The molecule has 18 heavy (non-hydrogen) atoms. The summed E-state index contributed by atoms with van der Waals surface area (Å²) in [5.41, 5.74) is -0.477. The van der Waals surface area contributed by atoms with Crippen LogP contribution < -0.4 is 4.72 Å². The van der Waals surface area contributed by atoms with Crippen LogP contribution in [0.5, 0.6) is 0 Å². The van der Waals surface area contributed by atoms with Gasteiger partial charge in [-0.3, -0.25) is 0 Å². The van der Waals surface area contributed by atoms with Gasteiger partial charge in [0.15, 0.2) is 0 Å². The quantitative estimate of drug-likeness (QED) is 0.835. The van der Waals surface area contributed by atoms with Crippen molar-refractivity contribution in [3.05, 3.63) is 34.3 Å². The molecule has 1 rings (SSSR count). The van der Waals surface area contributed by atoms with E-state index in [9.17, 15) is 13.5 Å². The molecule has 0 amide bonds. The standard InChI is InChI=1S/C12H18BrNO3S/c1-3-12(15,9-14-18(16,17)4-2)10-5-7-11(13)8-6-10/h5-8,14-15H,3-4,9H2,1-2H3/t12-/m1/s1. The van der Waals surface area contributed by atoms with E-state index in [1.165, 1.54) is 0 Å². The molecule has 0 heterocycles. The van der Waals surface area contributed by atoms with Crippen LogP contribution in [0.1, 0.15) is 25.8 Å². The van der Waals surface area contributed by atoms with Crippen LogP contribution >= 0.6 is 15.9 Å². The van der Waals surface area contributed by atoms with Gasteiger partial charge in [0.25, 0.3) is 0 Å². The van der Waals surface area contributed by atoms with Gasteiger partial charge in [0.05, 0.1) is 5.75 Å². The fraction of sp³-hybridized carbons (Fsp3) is 0.500. The van der Waals surface area contributed by atoms with E-state index in [1.54, 1.807) is 19.1 Å². The van der Waals surface area contributed by atoms with Crippen LogP contribution in [0, 0.1) is 0 Å². The van der Waals surface area contributed by atoms with Gasteiger partial charge in [0.1, 0.15) is 5.60 Å². The molecule has 0 aliphatic rings. The lowest BCUT2D eigenvalue weighted by atomic mass is 9.91. The molecule has 2 N–H and O–H groups in total. The zero-order chi connectivity index (χ0) is 13.8. The SMILES string of the molecule is CC[C@@](O)(CNS(=O)(=O)CC)c1ccc(Br)cc1. The van der Waals surface area contributed by atoms with Crippen molar-refractivity contribution in [3.63, 3.8) is 0 Å². The van der Waals surface area contributed by atoms with Crippen LogP contribution in [0.3, 0.4) is 0 Å². The van der Waals surface area contributed by atoms with E-state index < -0.39 is 15.6 Å². The smallest absolute Gasteiger partial charge is 0.211 e. The molecule has 1 atom stereocenters. The predicted molar refractivity (Wildman–Crippen MR) is 75.8 cm³/mol. The van der Waals surface area contributed by atoms with Crippen molar-refractivity contribution < 1.29 is 13.5 Å². The number of halogens is 1. The van der Waals surface area contributed by atoms with Crippen LogP contribution in [-0.2, 0) is 15.6 Å². The third-order valence-electron chi connectivity index (χ3n) is 2.93. The lowest BCUT2D eigenvalue weighted by molar-refractivity contribution is 0.0380. The highest BCUT2D eigenvalue weighted by atomic mass is 79.9. The Morgan fingerprint density at radius 3 is 2.28 bits per heavy atom. The molecule has 0 aromatic heterocycles. The highest BCUT2D eigenvalue weighted by molar-refractivity contribution is 9.10. The third kappa shape index (κ3) is 4.05. The van der Waals surface area contributed by atoms with Crippen LogP contribution in [0.25, 0.3) is 0 Å². The van der Waals surface area contributed by atoms with E-state index in [1.807, 2.05) is 19.1 Å². The molecule has 0 saturated heterocycles. The topological polar surface area (TPSA) is 66.4 Å². The van der Waals surface area contributed by atoms with E-state index >= 15 is 0 Å². The minimum atomic E-state index is -3.30.